The van der Waals surface area contributed by atoms with Crippen molar-refractivity contribution in [2.45, 2.75) is 50.9 Å². The van der Waals surface area contributed by atoms with Crippen molar-refractivity contribution in [2.24, 2.45) is 0 Å². The number of carbonyl (C=O) groups is 1. The summed E-state index contributed by atoms with van der Waals surface area (Å²) in [6.07, 6.45) is 3.11. The smallest absolute Gasteiger partial charge is 0.318 e. The van der Waals surface area contributed by atoms with E-state index in [0.29, 0.717) is 44.8 Å². The number of aliphatic hydroxyl groups excluding tert-OH is 1. The number of fused-ring (bicyclic) bond motifs is 2. The van der Waals surface area contributed by atoms with Crippen molar-refractivity contribution < 1.29 is 14.6 Å². The monoisotopic (exact) mass is 571 g/mol. The first-order valence-electron chi connectivity index (χ1n) is 15.4. The number of hydrogen-bond acceptors (Lipinski definition) is 9. The molecule has 1 aromatic heterocycles. The summed E-state index contributed by atoms with van der Waals surface area (Å²) in [5.41, 5.74) is 4.64. The molecule has 3 atom stereocenters. The number of benzene rings is 2. The van der Waals surface area contributed by atoms with Gasteiger partial charge in [-0.3, -0.25) is 4.79 Å². The van der Waals surface area contributed by atoms with Gasteiger partial charge < -0.3 is 34.8 Å². The Labute approximate surface area is 247 Å². The molecule has 4 aliphatic heterocycles. The van der Waals surface area contributed by atoms with Gasteiger partial charge >= 0.3 is 6.01 Å². The van der Waals surface area contributed by atoms with Crippen molar-refractivity contribution in [1.29, 1.82) is 0 Å². The Kier molecular flexibility index (Phi) is 7.37. The fourth-order valence-corrected chi connectivity index (χ4v) is 6.98. The van der Waals surface area contributed by atoms with Crippen molar-refractivity contribution in [3.05, 3.63) is 53.2 Å². The zero-order valence-corrected chi connectivity index (χ0v) is 24.6. The van der Waals surface area contributed by atoms with Gasteiger partial charge in [-0.05, 0) is 56.8 Å². The van der Waals surface area contributed by atoms with E-state index < -0.39 is 0 Å². The van der Waals surface area contributed by atoms with E-state index in [1.807, 2.05) is 4.90 Å². The largest absolute Gasteiger partial charge is 0.462 e. The molecule has 3 saturated heterocycles. The van der Waals surface area contributed by atoms with E-state index in [9.17, 15) is 9.90 Å². The molecule has 0 unspecified atom stereocenters. The molecular weight excluding hydrogens is 530 g/mol. The topological polar surface area (TPSA) is 107 Å². The van der Waals surface area contributed by atoms with Crippen LogP contribution in [-0.2, 0) is 17.8 Å². The average molecular weight is 572 g/mol. The van der Waals surface area contributed by atoms with Gasteiger partial charge in [-0.1, -0.05) is 30.3 Å². The highest BCUT2D eigenvalue weighted by Gasteiger charge is 2.39. The van der Waals surface area contributed by atoms with Gasteiger partial charge in [0.05, 0.1) is 30.9 Å². The molecule has 2 N–H and O–H groups in total. The van der Waals surface area contributed by atoms with Crippen molar-refractivity contribution >= 4 is 28.2 Å². The molecule has 10 nitrogen and oxygen atoms in total. The van der Waals surface area contributed by atoms with Crippen LogP contribution in [0.4, 0.5) is 11.5 Å². The number of rotatable bonds is 7. The molecule has 0 radical (unpaired) electrons. The van der Waals surface area contributed by atoms with Crippen LogP contribution in [0.25, 0.3) is 10.8 Å². The maximum atomic E-state index is 12.9. The first-order valence-corrected chi connectivity index (χ1v) is 15.4. The van der Waals surface area contributed by atoms with E-state index in [4.69, 9.17) is 14.7 Å². The Balaban J connectivity index is 1.20. The fraction of sp³-hybridized carbons (Fsp3) is 0.531. The van der Waals surface area contributed by atoms with Crippen molar-refractivity contribution in [3.8, 4) is 6.01 Å². The lowest BCUT2D eigenvalue weighted by Gasteiger charge is -2.42. The number of ether oxygens (including phenoxy) is 1. The minimum absolute atomic E-state index is 0.0756. The van der Waals surface area contributed by atoms with E-state index in [1.165, 1.54) is 28.4 Å². The summed E-state index contributed by atoms with van der Waals surface area (Å²) in [5.74, 6) is 0.975. The van der Waals surface area contributed by atoms with Gasteiger partial charge in [0.1, 0.15) is 12.4 Å². The van der Waals surface area contributed by atoms with Gasteiger partial charge in [0.2, 0.25) is 5.91 Å². The Morgan fingerprint density at radius 2 is 1.90 bits per heavy atom. The van der Waals surface area contributed by atoms with Crippen LogP contribution < -0.4 is 19.9 Å². The number of amides is 1. The van der Waals surface area contributed by atoms with E-state index in [2.05, 4.69) is 70.4 Å². The predicted octanol–water partition coefficient (Wildman–Crippen LogP) is 1.96. The molecule has 0 saturated carbocycles. The van der Waals surface area contributed by atoms with Gasteiger partial charge in [0, 0.05) is 55.4 Å². The number of nitrogens with one attached hydrogen (secondary N) is 1. The van der Waals surface area contributed by atoms with Crippen molar-refractivity contribution in [2.75, 3.05) is 69.3 Å². The lowest BCUT2D eigenvalue weighted by atomic mass is 9.99. The number of aryl methyl sites for hydroxylation is 1. The molecule has 2 aromatic carbocycles. The highest BCUT2D eigenvalue weighted by molar-refractivity contribution is 5.97. The molecule has 1 amide bonds. The lowest BCUT2D eigenvalue weighted by Crippen LogP contribution is -2.58. The molecular formula is C32H41N7O3. The first kappa shape index (κ1) is 27.4. The van der Waals surface area contributed by atoms with Crippen LogP contribution in [0.1, 0.15) is 29.7 Å². The van der Waals surface area contributed by atoms with Crippen LogP contribution in [0.5, 0.6) is 6.01 Å². The average Bonchev–Trinajstić information content (AvgIpc) is 3.79. The number of aliphatic hydroxyl groups is 1. The number of hydrogen-bond donors (Lipinski definition) is 2. The maximum Gasteiger partial charge on any atom is 0.318 e. The van der Waals surface area contributed by atoms with Gasteiger partial charge in [0.25, 0.3) is 0 Å². The summed E-state index contributed by atoms with van der Waals surface area (Å²) in [6.45, 7) is 7.77. The Bertz CT molecular complexity index is 1470. The van der Waals surface area contributed by atoms with Gasteiger partial charge in [-0.25, -0.2) is 0 Å². The Hall–Kier alpha value is -3.47. The minimum atomic E-state index is -0.269. The molecule has 7 rings (SSSR count). The summed E-state index contributed by atoms with van der Waals surface area (Å²) in [4.78, 5) is 31.7. The van der Waals surface area contributed by atoms with Gasteiger partial charge in [-0.15, -0.1) is 0 Å². The quantitative estimate of drug-likeness (QED) is 0.412. The number of anilines is 2. The van der Waals surface area contributed by atoms with Crippen LogP contribution in [0.15, 0.2) is 36.4 Å². The molecule has 3 fully saturated rings. The summed E-state index contributed by atoms with van der Waals surface area (Å²) in [5, 5.41) is 15.9. The second kappa shape index (κ2) is 11.3. The molecule has 10 heteroatoms. The summed E-state index contributed by atoms with van der Waals surface area (Å²) in [7, 11) is 2.15. The van der Waals surface area contributed by atoms with Gasteiger partial charge in [0.15, 0.2) is 0 Å². The second-order valence-corrected chi connectivity index (χ2v) is 12.2. The normalized spacial score (nSPS) is 24.3. The van der Waals surface area contributed by atoms with Gasteiger partial charge in [-0.2, -0.15) is 9.97 Å². The maximum absolute atomic E-state index is 12.9. The Morgan fingerprint density at radius 1 is 1.07 bits per heavy atom. The first-order chi connectivity index (χ1) is 20.5. The standard InChI is InChI=1S/C32H41N7O3/c1-21-6-3-7-22-8-4-10-28(29(21)22)37-13-11-25-27(18-37)34-32(42-20-23-9-5-12-36(23)2)35-30(25)38-14-15-39(24(17-38)19-40)31(41)26-16-33-26/h3-4,6-8,10,23-24,26,33,40H,5,9,11-20H2,1-2H3/t23-,24+,26+/m0/s1. The highest BCUT2D eigenvalue weighted by atomic mass is 16.5. The predicted molar refractivity (Wildman–Crippen MR) is 163 cm³/mol. The van der Waals surface area contributed by atoms with Crippen LogP contribution in [0.2, 0.25) is 0 Å². The van der Waals surface area contributed by atoms with E-state index in [0.717, 1.165) is 49.6 Å². The van der Waals surface area contributed by atoms with Crippen LogP contribution in [-0.4, -0.2) is 108 Å². The number of likely N-dealkylation sites (tertiary alicyclic amines) is 1. The highest BCUT2D eigenvalue weighted by Crippen LogP contribution is 2.36. The summed E-state index contributed by atoms with van der Waals surface area (Å²) in [6, 6.07) is 13.4. The number of nitrogens with zero attached hydrogens (tertiary/aromatic N) is 6. The third-order valence-corrected chi connectivity index (χ3v) is 9.51. The lowest BCUT2D eigenvalue weighted by molar-refractivity contribution is -0.134. The fourth-order valence-electron chi connectivity index (χ4n) is 6.98. The van der Waals surface area contributed by atoms with Crippen molar-refractivity contribution in [3.63, 3.8) is 0 Å². The third-order valence-electron chi connectivity index (χ3n) is 9.51. The SMILES string of the molecule is Cc1cccc2cccc(N3CCc4c(nc(OC[C@@H]5CCCN5C)nc4N4CCN(C(=O)[C@H]5CN5)[C@@H](CO)C4)C3)c12. The number of aromatic nitrogens is 2. The Morgan fingerprint density at radius 3 is 2.67 bits per heavy atom. The third kappa shape index (κ3) is 5.16. The van der Waals surface area contributed by atoms with E-state index in [1.54, 1.807) is 0 Å². The second-order valence-electron chi connectivity index (χ2n) is 12.2. The zero-order valence-electron chi connectivity index (χ0n) is 24.6. The molecule has 0 bridgehead atoms. The van der Waals surface area contributed by atoms with Crippen molar-refractivity contribution in [1.82, 2.24) is 25.1 Å². The molecule has 3 aromatic rings. The molecule has 4 aliphatic rings. The minimum Gasteiger partial charge on any atom is -0.462 e. The molecule has 0 spiro atoms. The summed E-state index contributed by atoms with van der Waals surface area (Å²) >= 11 is 0. The van der Waals surface area contributed by atoms with E-state index in [-0.39, 0.29) is 24.6 Å². The molecule has 0 aliphatic carbocycles. The van der Waals surface area contributed by atoms with Crippen LogP contribution in [0.3, 0.4) is 0 Å². The molecule has 5 heterocycles. The number of likely N-dealkylation sites (N-methyl/N-ethyl adjacent to an activating group) is 1. The molecule has 222 valence electrons. The molecule has 42 heavy (non-hydrogen) atoms. The van der Waals surface area contributed by atoms with Crippen LogP contribution >= 0.6 is 0 Å². The number of piperazine rings is 1. The van der Waals surface area contributed by atoms with Crippen LogP contribution in [0, 0.1) is 6.92 Å². The number of carbonyl (C=O) groups excluding carboxylic acids is 1. The zero-order chi connectivity index (χ0) is 28.8. The summed E-state index contributed by atoms with van der Waals surface area (Å²) < 4.78 is 6.31. The van der Waals surface area contributed by atoms with E-state index >= 15 is 0 Å².